The number of nitrogens with one attached hydrogen (secondary N) is 2. The Morgan fingerprint density at radius 3 is 2.43 bits per heavy atom. The zero-order valence-electron chi connectivity index (χ0n) is 12.8. The first-order valence-electron chi connectivity index (χ1n) is 6.94. The van der Waals surface area contributed by atoms with E-state index in [4.69, 9.17) is 5.11 Å². The predicted molar refractivity (Wildman–Crippen MR) is 85.3 cm³/mol. The Bertz CT molecular complexity index is 478. The number of rotatable bonds is 7. The van der Waals surface area contributed by atoms with E-state index < -0.39 is 5.97 Å². The molecule has 0 aromatic carbocycles. The van der Waals surface area contributed by atoms with Crippen molar-refractivity contribution in [3.05, 3.63) is 17.0 Å². The van der Waals surface area contributed by atoms with Crippen LogP contribution in [0.1, 0.15) is 38.1 Å². The van der Waals surface area contributed by atoms with Gasteiger partial charge in [0.05, 0.1) is 5.56 Å². The average molecular weight is 313 g/mol. The topological polar surface area (TPSA) is 81.7 Å². The van der Waals surface area contributed by atoms with Crippen molar-refractivity contribution < 1.29 is 14.7 Å². The number of carbonyl (C=O) groups excluding carboxylic acids is 1. The molecule has 2 amide bonds. The fourth-order valence-electron chi connectivity index (χ4n) is 2.13. The van der Waals surface area contributed by atoms with E-state index in [-0.39, 0.29) is 11.6 Å². The Balaban J connectivity index is 2.44. The van der Waals surface area contributed by atoms with Crippen LogP contribution < -0.4 is 10.6 Å². The minimum atomic E-state index is -1.04. The molecule has 0 spiro atoms. The lowest BCUT2D eigenvalue weighted by Crippen LogP contribution is -2.43. The molecule has 1 heterocycles. The summed E-state index contributed by atoms with van der Waals surface area (Å²) in [4.78, 5) is 25.0. The zero-order chi connectivity index (χ0) is 16.0. The fourth-order valence-corrected chi connectivity index (χ4v) is 2.91. The van der Waals surface area contributed by atoms with Crippen molar-refractivity contribution in [2.75, 3.05) is 18.4 Å². The molecule has 0 aliphatic carbocycles. The van der Waals surface area contributed by atoms with E-state index in [0.29, 0.717) is 23.6 Å². The van der Waals surface area contributed by atoms with Gasteiger partial charge >= 0.3 is 12.0 Å². The molecule has 0 bridgehead atoms. The first-order chi connectivity index (χ1) is 9.82. The molecule has 1 aromatic rings. The van der Waals surface area contributed by atoms with Crippen molar-refractivity contribution in [1.29, 1.82) is 0 Å². The fraction of sp³-hybridized carbons (Fsp3) is 0.571. The average Bonchev–Trinajstić information content (AvgIpc) is 2.81. The minimum Gasteiger partial charge on any atom is -0.478 e. The minimum absolute atomic E-state index is 0.112. The summed E-state index contributed by atoms with van der Waals surface area (Å²) in [6.07, 6.45) is 0. The Morgan fingerprint density at radius 1 is 1.29 bits per heavy atom. The van der Waals surface area contributed by atoms with E-state index >= 15 is 0 Å². The first kappa shape index (κ1) is 17.5. The van der Waals surface area contributed by atoms with Gasteiger partial charge in [-0.2, -0.15) is 0 Å². The highest BCUT2D eigenvalue weighted by Gasteiger charge is 2.15. The van der Waals surface area contributed by atoms with Gasteiger partial charge < -0.3 is 10.4 Å². The van der Waals surface area contributed by atoms with E-state index in [0.717, 1.165) is 6.54 Å². The number of hydrogen-bond acceptors (Lipinski definition) is 4. The van der Waals surface area contributed by atoms with E-state index in [1.807, 2.05) is 0 Å². The molecule has 1 aromatic heterocycles. The van der Waals surface area contributed by atoms with Crippen LogP contribution in [0, 0.1) is 0 Å². The van der Waals surface area contributed by atoms with Gasteiger partial charge in [0.2, 0.25) is 0 Å². The van der Waals surface area contributed by atoms with Crippen molar-refractivity contribution in [2.24, 2.45) is 0 Å². The molecule has 6 nitrogen and oxygen atoms in total. The second-order valence-corrected chi connectivity index (χ2v) is 6.19. The van der Waals surface area contributed by atoms with Gasteiger partial charge in [-0.05, 0) is 39.1 Å². The number of thiophene rings is 1. The Kier molecular flexibility index (Phi) is 6.64. The summed E-state index contributed by atoms with van der Waals surface area (Å²) in [5, 5.41) is 16.3. The molecule has 0 radical (unpaired) electrons. The van der Waals surface area contributed by atoms with Gasteiger partial charge in [0, 0.05) is 25.2 Å². The molecule has 118 valence electrons. The predicted octanol–water partition coefficient (Wildman–Crippen LogP) is 2.69. The molecular weight excluding hydrogens is 290 g/mol. The van der Waals surface area contributed by atoms with Gasteiger partial charge in [-0.3, -0.25) is 10.2 Å². The summed E-state index contributed by atoms with van der Waals surface area (Å²) in [5.41, 5.74) is 0.112. The number of nitrogens with zero attached hydrogens (tertiary/aromatic N) is 1. The summed E-state index contributed by atoms with van der Waals surface area (Å²) >= 11 is 1.19. The summed E-state index contributed by atoms with van der Waals surface area (Å²) in [5.74, 6) is -1.04. The summed E-state index contributed by atoms with van der Waals surface area (Å²) in [6, 6.07) is 1.91. The number of anilines is 1. The van der Waals surface area contributed by atoms with Crippen LogP contribution in [0.25, 0.3) is 0 Å². The number of aromatic carboxylic acids is 1. The van der Waals surface area contributed by atoms with E-state index in [1.54, 1.807) is 5.38 Å². The van der Waals surface area contributed by atoms with Crippen LogP contribution in [0.2, 0.25) is 0 Å². The molecule has 7 heteroatoms. The SMILES string of the molecule is CC(C)N(CCNC(=O)Nc1sccc1C(=O)O)C(C)C. The van der Waals surface area contributed by atoms with Gasteiger partial charge in [0.15, 0.2) is 0 Å². The number of amides is 2. The van der Waals surface area contributed by atoms with Crippen LogP contribution in [0.15, 0.2) is 11.4 Å². The van der Waals surface area contributed by atoms with Crippen molar-refractivity contribution in [3.8, 4) is 0 Å². The normalized spacial score (nSPS) is 11.2. The highest BCUT2D eigenvalue weighted by atomic mass is 32.1. The quantitative estimate of drug-likeness (QED) is 0.723. The van der Waals surface area contributed by atoms with Crippen molar-refractivity contribution in [3.63, 3.8) is 0 Å². The monoisotopic (exact) mass is 313 g/mol. The zero-order valence-corrected chi connectivity index (χ0v) is 13.7. The van der Waals surface area contributed by atoms with Crippen LogP contribution in [0.5, 0.6) is 0 Å². The van der Waals surface area contributed by atoms with Gasteiger partial charge in [-0.25, -0.2) is 9.59 Å². The highest BCUT2D eigenvalue weighted by molar-refractivity contribution is 7.14. The van der Waals surface area contributed by atoms with Crippen LogP contribution in [-0.4, -0.2) is 47.2 Å². The lowest BCUT2D eigenvalue weighted by atomic mass is 10.2. The molecule has 0 atom stereocenters. The second kappa shape index (κ2) is 7.99. The smallest absolute Gasteiger partial charge is 0.338 e. The lowest BCUT2D eigenvalue weighted by Gasteiger charge is -2.30. The molecule has 0 unspecified atom stereocenters. The maximum absolute atomic E-state index is 11.8. The molecule has 21 heavy (non-hydrogen) atoms. The summed E-state index contributed by atoms with van der Waals surface area (Å²) in [6.45, 7) is 9.72. The third kappa shape index (κ3) is 5.35. The number of carbonyl (C=O) groups is 2. The maximum Gasteiger partial charge on any atom is 0.338 e. The Hall–Kier alpha value is -1.60. The second-order valence-electron chi connectivity index (χ2n) is 5.27. The van der Waals surface area contributed by atoms with Gasteiger partial charge in [0.25, 0.3) is 0 Å². The van der Waals surface area contributed by atoms with E-state index in [9.17, 15) is 9.59 Å². The van der Waals surface area contributed by atoms with E-state index in [1.165, 1.54) is 17.4 Å². The highest BCUT2D eigenvalue weighted by Crippen LogP contribution is 2.22. The number of carboxylic acids is 1. The first-order valence-corrected chi connectivity index (χ1v) is 7.82. The molecule has 0 saturated carbocycles. The summed E-state index contributed by atoms with van der Waals surface area (Å²) in [7, 11) is 0. The van der Waals surface area contributed by atoms with Crippen molar-refractivity contribution >= 4 is 28.3 Å². The third-order valence-electron chi connectivity index (χ3n) is 3.10. The number of carboxylic acid groups (broad SMARTS) is 1. The Labute approximate surface area is 129 Å². The molecule has 0 aliphatic heterocycles. The number of hydrogen-bond donors (Lipinski definition) is 3. The van der Waals surface area contributed by atoms with Gasteiger partial charge in [-0.1, -0.05) is 0 Å². The molecule has 1 rings (SSSR count). The van der Waals surface area contributed by atoms with Crippen LogP contribution >= 0.6 is 11.3 Å². The summed E-state index contributed by atoms with van der Waals surface area (Å²) < 4.78 is 0. The van der Waals surface area contributed by atoms with Gasteiger partial charge in [0.1, 0.15) is 5.00 Å². The van der Waals surface area contributed by atoms with Crippen molar-refractivity contribution in [1.82, 2.24) is 10.2 Å². The molecule has 0 saturated heterocycles. The van der Waals surface area contributed by atoms with Crippen molar-refractivity contribution in [2.45, 2.75) is 39.8 Å². The van der Waals surface area contributed by atoms with Crippen LogP contribution in [0.4, 0.5) is 9.80 Å². The standard InChI is InChI=1S/C14H23N3O3S/c1-9(2)17(10(3)4)7-6-15-14(20)16-12-11(13(18)19)5-8-21-12/h5,8-10H,6-7H2,1-4H3,(H,18,19)(H2,15,16,20). The molecule has 3 N–H and O–H groups in total. The van der Waals surface area contributed by atoms with Crippen LogP contribution in [0.3, 0.4) is 0 Å². The van der Waals surface area contributed by atoms with E-state index in [2.05, 4.69) is 43.2 Å². The lowest BCUT2D eigenvalue weighted by molar-refractivity contribution is 0.0698. The van der Waals surface area contributed by atoms with Crippen LogP contribution in [-0.2, 0) is 0 Å². The largest absolute Gasteiger partial charge is 0.478 e. The molecular formula is C14H23N3O3S. The Morgan fingerprint density at radius 2 is 1.90 bits per heavy atom. The molecule has 0 fully saturated rings. The van der Waals surface area contributed by atoms with Gasteiger partial charge in [-0.15, -0.1) is 11.3 Å². The third-order valence-corrected chi connectivity index (χ3v) is 3.93. The number of urea groups is 1. The maximum atomic E-state index is 11.8. The molecule has 0 aliphatic rings.